The average Bonchev–Trinajstić information content (AvgIpc) is 3.02. The molecule has 8 nitrogen and oxygen atoms in total. The van der Waals surface area contributed by atoms with E-state index in [1.54, 1.807) is 24.3 Å². The number of carbonyl (C=O) groups excluding carboxylic acids is 1. The molecule has 1 heterocycles. The van der Waals surface area contributed by atoms with Gasteiger partial charge in [-0.25, -0.2) is 9.18 Å². The number of aryl methyl sites for hydroxylation is 1. The Balaban J connectivity index is 1.94. The molecule has 0 spiro atoms. The summed E-state index contributed by atoms with van der Waals surface area (Å²) in [6.07, 6.45) is 1.32. The van der Waals surface area contributed by atoms with Crippen LogP contribution in [0.25, 0.3) is 0 Å². The fourth-order valence-corrected chi connectivity index (χ4v) is 2.58. The minimum atomic E-state index is -0.779. The highest BCUT2D eigenvalue weighted by molar-refractivity contribution is 5.95. The highest BCUT2D eigenvalue weighted by atomic mass is 19.1. The van der Waals surface area contributed by atoms with E-state index in [0.29, 0.717) is 11.1 Å². The maximum absolute atomic E-state index is 13.0. The highest BCUT2D eigenvalue weighted by Crippen LogP contribution is 2.04. The van der Waals surface area contributed by atoms with Crippen LogP contribution in [0.1, 0.15) is 27.2 Å². The zero-order valence-corrected chi connectivity index (χ0v) is 15.8. The molecule has 0 saturated heterocycles. The van der Waals surface area contributed by atoms with E-state index in [1.165, 1.54) is 37.5 Å². The number of ketones is 1. The van der Waals surface area contributed by atoms with Gasteiger partial charge < -0.3 is 5.11 Å². The molecule has 1 N–H and O–H groups in total. The Hall–Kier alpha value is -3.88. The molecule has 9 heteroatoms. The van der Waals surface area contributed by atoms with Crippen molar-refractivity contribution in [3.05, 3.63) is 87.1 Å². The number of aromatic amines is 1. The first-order valence-electron chi connectivity index (χ1n) is 8.68. The number of carbonyl (C=O) groups is 1. The van der Waals surface area contributed by atoms with E-state index in [4.69, 9.17) is 0 Å². The SMILES string of the molecule is CN=C([O-])c1c(=O)n(/N=C/c2ccc(F)cc2)[nH][n+]1CC(=O)c1ccc(C)cc1. The van der Waals surface area contributed by atoms with E-state index >= 15 is 0 Å². The third-order valence-electron chi connectivity index (χ3n) is 4.15. The lowest BCUT2D eigenvalue weighted by Gasteiger charge is -2.05. The number of aliphatic imine (C=N–C) groups is 1. The molecular weight excluding hydrogens is 377 g/mol. The van der Waals surface area contributed by atoms with Crippen molar-refractivity contribution in [1.29, 1.82) is 0 Å². The molecule has 0 atom stereocenters. The molecule has 0 bridgehead atoms. The predicted molar refractivity (Wildman–Crippen MR) is 103 cm³/mol. The number of hydrogen-bond donors (Lipinski definition) is 1. The highest BCUT2D eigenvalue weighted by Gasteiger charge is 2.24. The van der Waals surface area contributed by atoms with Gasteiger partial charge in [-0.2, -0.15) is 0 Å². The molecule has 3 aromatic rings. The standard InChI is InChI=1S/C20H18FN5O3/c1-13-3-7-15(8-4-13)17(27)12-25-18(19(28)22-2)20(29)26(24-25)23-11-14-5-9-16(21)10-6-14/h3-11H,12H2,1-2H3,(H-,22,24,28,29)/b23-11+. The van der Waals surface area contributed by atoms with Crippen LogP contribution in [0.5, 0.6) is 0 Å². The van der Waals surface area contributed by atoms with Crippen LogP contribution in [0.15, 0.2) is 63.4 Å². The molecule has 0 aliphatic rings. The van der Waals surface area contributed by atoms with Crippen molar-refractivity contribution in [1.82, 2.24) is 10.0 Å². The Kier molecular flexibility index (Phi) is 5.77. The number of Topliss-reactive ketones (excluding diaryl/α,β-unsaturated/α-hetero) is 1. The minimum absolute atomic E-state index is 0.270. The van der Waals surface area contributed by atoms with Crippen LogP contribution >= 0.6 is 0 Å². The summed E-state index contributed by atoms with van der Waals surface area (Å²) in [7, 11) is 1.26. The summed E-state index contributed by atoms with van der Waals surface area (Å²) < 4.78 is 14.1. The van der Waals surface area contributed by atoms with Gasteiger partial charge in [0.2, 0.25) is 5.78 Å². The van der Waals surface area contributed by atoms with Gasteiger partial charge in [-0.1, -0.05) is 52.3 Å². The van der Waals surface area contributed by atoms with Crippen LogP contribution in [0.3, 0.4) is 0 Å². The van der Waals surface area contributed by atoms with E-state index in [0.717, 1.165) is 15.0 Å². The van der Waals surface area contributed by atoms with Crippen molar-refractivity contribution in [2.24, 2.45) is 10.1 Å². The van der Waals surface area contributed by atoms with Gasteiger partial charge in [0.25, 0.3) is 5.69 Å². The summed E-state index contributed by atoms with van der Waals surface area (Å²) in [6.45, 7) is 1.63. The first kappa shape index (κ1) is 19.9. The van der Waals surface area contributed by atoms with E-state index in [1.807, 2.05) is 6.92 Å². The maximum Gasteiger partial charge on any atom is 0.427 e. The molecule has 2 aromatic carbocycles. The second kappa shape index (κ2) is 8.42. The van der Waals surface area contributed by atoms with Crippen LogP contribution in [-0.2, 0) is 6.54 Å². The second-order valence-corrected chi connectivity index (χ2v) is 6.27. The molecular formula is C20H18FN5O3. The second-order valence-electron chi connectivity index (χ2n) is 6.27. The zero-order valence-electron chi connectivity index (χ0n) is 15.8. The van der Waals surface area contributed by atoms with Crippen LogP contribution < -0.4 is 15.3 Å². The summed E-state index contributed by atoms with van der Waals surface area (Å²) in [6, 6.07) is 12.4. The molecule has 1 aromatic heterocycles. The van der Waals surface area contributed by atoms with Crippen molar-refractivity contribution in [3.63, 3.8) is 0 Å². The Morgan fingerprint density at radius 2 is 1.86 bits per heavy atom. The molecule has 0 amide bonds. The lowest BCUT2D eigenvalue weighted by atomic mass is 10.1. The van der Waals surface area contributed by atoms with Gasteiger partial charge >= 0.3 is 5.56 Å². The number of H-pyrrole nitrogens is 1. The van der Waals surface area contributed by atoms with Crippen LogP contribution in [0.4, 0.5) is 4.39 Å². The molecule has 0 saturated carbocycles. The number of hydrogen-bond acceptors (Lipinski definition) is 5. The third kappa shape index (κ3) is 4.52. The first-order chi connectivity index (χ1) is 13.9. The van der Waals surface area contributed by atoms with Crippen molar-refractivity contribution < 1.29 is 19.0 Å². The quantitative estimate of drug-likeness (QED) is 0.283. The van der Waals surface area contributed by atoms with E-state index < -0.39 is 17.3 Å². The molecule has 0 fully saturated rings. The fourth-order valence-electron chi connectivity index (χ4n) is 2.58. The van der Waals surface area contributed by atoms with Crippen LogP contribution in [0, 0.1) is 12.7 Å². The number of nitrogens with one attached hydrogen (secondary N) is 1. The maximum atomic E-state index is 13.0. The number of halogens is 1. The molecule has 148 valence electrons. The number of rotatable bonds is 6. The number of aromatic nitrogens is 3. The van der Waals surface area contributed by atoms with Gasteiger partial charge in [-0.15, -0.1) is 4.68 Å². The van der Waals surface area contributed by atoms with Crippen molar-refractivity contribution in [2.45, 2.75) is 13.5 Å². The number of nitrogens with zero attached hydrogens (tertiary/aromatic N) is 4. The smallest absolute Gasteiger partial charge is 0.427 e. The lowest BCUT2D eigenvalue weighted by molar-refractivity contribution is -0.745. The van der Waals surface area contributed by atoms with Crippen LogP contribution in [0.2, 0.25) is 0 Å². The van der Waals surface area contributed by atoms with Crippen molar-refractivity contribution in [2.75, 3.05) is 7.05 Å². The summed E-state index contributed by atoms with van der Waals surface area (Å²) >= 11 is 0. The van der Waals surface area contributed by atoms with Gasteiger partial charge in [-0.3, -0.25) is 9.79 Å². The summed E-state index contributed by atoms with van der Waals surface area (Å²) in [5.74, 6) is -1.47. The van der Waals surface area contributed by atoms with Gasteiger partial charge in [-0.05, 0) is 24.6 Å². The molecule has 29 heavy (non-hydrogen) atoms. The zero-order chi connectivity index (χ0) is 21.0. The monoisotopic (exact) mass is 395 g/mol. The largest absolute Gasteiger partial charge is 0.856 e. The van der Waals surface area contributed by atoms with Gasteiger partial charge in [0.1, 0.15) is 5.82 Å². The average molecular weight is 395 g/mol. The number of benzene rings is 2. The van der Waals surface area contributed by atoms with E-state index in [2.05, 4.69) is 15.3 Å². The summed E-state index contributed by atoms with van der Waals surface area (Å²) in [5.41, 5.74) is 0.922. The Morgan fingerprint density at radius 1 is 1.21 bits per heavy atom. The van der Waals surface area contributed by atoms with Gasteiger partial charge in [0, 0.05) is 23.3 Å². The van der Waals surface area contributed by atoms with Gasteiger partial charge in [0.15, 0.2) is 6.54 Å². The van der Waals surface area contributed by atoms with Crippen LogP contribution in [-0.4, -0.2) is 34.9 Å². The molecule has 3 rings (SSSR count). The fraction of sp³-hybridized carbons (Fsp3) is 0.150. The normalized spacial score (nSPS) is 11.9. The van der Waals surface area contributed by atoms with E-state index in [-0.39, 0.29) is 18.0 Å². The molecule has 0 unspecified atom stereocenters. The molecule has 0 aliphatic heterocycles. The summed E-state index contributed by atoms with van der Waals surface area (Å²) in [4.78, 5) is 29.5. The minimum Gasteiger partial charge on any atom is -0.856 e. The topological polar surface area (TPSA) is 107 Å². The first-order valence-corrected chi connectivity index (χ1v) is 8.68. The Morgan fingerprint density at radius 3 is 2.48 bits per heavy atom. The van der Waals surface area contributed by atoms with Crippen molar-refractivity contribution in [3.8, 4) is 0 Å². The predicted octanol–water partition coefficient (Wildman–Crippen LogP) is 0.413. The summed E-state index contributed by atoms with van der Waals surface area (Å²) in [5, 5.41) is 18.7. The van der Waals surface area contributed by atoms with Crippen molar-refractivity contribution >= 4 is 17.9 Å². The third-order valence-corrected chi connectivity index (χ3v) is 4.15. The van der Waals surface area contributed by atoms with E-state index in [9.17, 15) is 19.1 Å². The van der Waals surface area contributed by atoms with Gasteiger partial charge in [0.05, 0.1) is 6.21 Å². The Bertz CT molecular complexity index is 1140. The molecule has 0 radical (unpaired) electrons. The lowest BCUT2D eigenvalue weighted by Crippen LogP contribution is -2.48. The molecule has 0 aliphatic carbocycles. The Labute approximate surface area is 165 Å².